The lowest BCUT2D eigenvalue weighted by Gasteiger charge is -2.32. The predicted molar refractivity (Wildman–Crippen MR) is 88.1 cm³/mol. The Morgan fingerprint density at radius 2 is 2.00 bits per heavy atom. The Hall–Kier alpha value is -1.42. The number of benzene rings is 1. The van der Waals surface area contributed by atoms with Crippen molar-refractivity contribution >= 4 is 11.4 Å². The quantitative estimate of drug-likeness (QED) is 0.865. The number of para-hydroxylation sites is 1. The summed E-state index contributed by atoms with van der Waals surface area (Å²) in [6.07, 6.45) is 5.37. The van der Waals surface area contributed by atoms with Crippen LogP contribution in [-0.2, 0) is 0 Å². The zero-order valence-corrected chi connectivity index (χ0v) is 13.1. The lowest BCUT2D eigenvalue weighted by molar-refractivity contribution is 0.175. The first kappa shape index (κ1) is 14.5. The van der Waals surface area contributed by atoms with Crippen LogP contribution >= 0.6 is 0 Å². The van der Waals surface area contributed by atoms with Gasteiger partial charge in [-0.05, 0) is 51.4 Å². The highest BCUT2D eigenvalue weighted by Gasteiger charge is 2.29. The van der Waals surface area contributed by atoms with E-state index in [2.05, 4.69) is 15.9 Å². The van der Waals surface area contributed by atoms with Crippen molar-refractivity contribution in [3.8, 4) is 5.75 Å². The molecule has 0 amide bonds. The van der Waals surface area contributed by atoms with Gasteiger partial charge in [0, 0.05) is 19.1 Å². The molecule has 1 unspecified atom stereocenters. The maximum atomic E-state index is 6.29. The molecule has 2 fully saturated rings. The molecule has 0 bridgehead atoms. The maximum absolute atomic E-state index is 6.29. The number of nitrogen functional groups attached to an aromatic ring is 1. The van der Waals surface area contributed by atoms with Crippen molar-refractivity contribution in [2.75, 3.05) is 43.4 Å². The van der Waals surface area contributed by atoms with Gasteiger partial charge < -0.3 is 15.4 Å². The Morgan fingerprint density at radius 1 is 1.19 bits per heavy atom. The van der Waals surface area contributed by atoms with E-state index >= 15 is 0 Å². The number of hydrogen-bond acceptors (Lipinski definition) is 4. The fraction of sp³-hybridized carbons (Fsp3) is 0.647. The first-order valence-electron chi connectivity index (χ1n) is 8.30. The summed E-state index contributed by atoms with van der Waals surface area (Å²) >= 11 is 0. The number of rotatable bonds is 4. The Morgan fingerprint density at radius 3 is 2.76 bits per heavy atom. The molecule has 1 aromatic carbocycles. The van der Waals surface area contributed by atoms with E-state index < -0.39 is 0 Å². The second-order valence-electron chi connectivity index (χ2n) is 6.11. The van der Waals surface area contributed by atoms with Gasteiger partial charge in [-0.2, -0.15) is 0 Å². The zero-order valence-electron chi connectivity index (χ0n) is 13.1. The highest BCUT2D eigenvalue weighted by atomic mass is 16.5. The molecule has 3 rings (SSSR count). The van der Waals surface area contributed by atoms with Crippen LogP contribution in [0.1, 0.15) is 32.6 Å². The van der Waals surface area contributed by atoms with Crippen molar-refractivity contribution in [3.63, 3.8) is 0 Å². The van der Waals surface area contributed by atoms with Gasteiger partial charge in [0.1, 0.15) is 5.75 Å². The van der Waals surface area contributed by atoms with Gasteiger partial charge in [0.2, 0.25) is 0 Å². The van der Waals surface area contributed by atoms with Gasteiger partial charge >= 0.3 is 0 Å². The number of piperidine rings is 1. The van der Waals surface area contributed by atoms with Crippen molar-refractivity contribution in [2.24, 2.45) is 0 Å². The zero-order chi connectivity index (χ0) is 14.7. The highest BCUT2D eigenvalue weighted by Crippen LogP contribution is 2.35. The second kappa shape index (κ2) is 6.56. The normalized spacial score (nSPS) is 23.5. The fourth-order valence-corrected chi connectivity index (χ4v) is 3.63. The molecule has 116 valence electrons. The number of nitrogens with zero attached hydrogens (tertiary/aromatic N) is 2. The van der Waals surface area contributed by atoms with Crippen LogP contribution in [0.4, 0.5) is 11.4 Å². The molecule has 0 spiro atoms. The van der Waals surface area contributed by atoms with E-state index in [9.17, 15) is 0 Å². The molecular weight excluding hydrogens is 262 g/mol. The van der Waals surface area contributed by atoms with Gasteiger partial charge in [-0.3, -0.25) is 4.90 Å². The molecule has 4 nitrogen and oxygen atoms in total. The lowest BCUT2D eigenvalue weighted by Crippen LogP contribution is -2.40. The fourth-order valence-electron chi connectivity index (χ4n) is 3.63. The largest absolute Gasteiger partial charge is 0.492 e. The standard InChI is InChI=1S/C17H27N3O/c1-2-21-16-8-6-7-15(17(16)18)20-12-9-14(13-20)19-10-4-3-5-11-19/h6-8,14H,2-5,9-13,18H2,1H3. The van der Waals surface area contributed by atoms with Crippen LogP contribution in [0, 0.1) is 0 Å². The molecule has 1 atom stereocenters. The SMILES string of the molecule is CCOc1cccc(N2CCC(N3CCCCC3)C2)c1N. The van der Waals surface area contributed by atoms with Gasteiger partial charge in [-0.15, -0.1) is 0 Å². The molecule has 2 aliphatic rings. The van der Waals surface area contributed by atoms with Gasteiger partial charge in [0.15, 0.2) is 0 Å². The van der Waals surface area contributed by atoms with Gasteiger partial charge in [0.25, 0.3) is 0 Å². The summed E-state index contributed by atoms with van der Waals surface area (Å²) in [5.74, 6) is 0.816. The summed E-state index contributed by atoms with van der Waals surface area (Å²) in [5, 5.41) is 0. The molecule has 0 aliphatic carbocycles. The van der Waals surface area contributed by atoms with Gasteiger partial charge in [0.05, 0.1) is 18.0 Å². The minimum Gasteiger partial charge on any atom is -0.492 e. The smallest absolute Gasteiger partial charge is 0.144 e. The van der Waals surface area contributed by atoms with Crippen LogP contribution in [0.15, 0.2) is 18.2 Å². The third-order valence-corrected chi connectivity index (χ3v) is 4.75. The first-order chi connectivity index (χ1) is 10.3. The van der Waals surface area contributed by atoms with Crippen molar-refractivity contribution in [1.82, 2.24) is 4.90 Å². The van der Waals surface area contributed by atoms with Crippen molar-refractivity contribution in [2.45, 2.75) is 38.6 Å². The minimum atomic E-state index is 0.657. The molecule has 2 aliphatic heterocycles. The van der Waals surface area contributed by atoms with Crippen LogP contribution in [0.3, 0.4) is 0 Å². The molecule has 1 aromatic rings. The average molecular weight is 289 g/mol. The van der Waals surface area contributed by atoms with Crippen LogP contribution in [0.25, 0.3) is 0 Å². The predicted octanol–water partition coefficient (Wildman–Crippen LogP) is 2.73. The molecule has 0 radical (unpaired) electrons. The van der Waals surface area contributed by atoms with Gasteiger partial charge in [-0.25, -0.2) is 0 Å². The number of ether oxygens (including phenoxy) is 1. The molecule has 4 heteroatoms. The topological polar surface area (TPSA) is 41.7 Å². The summed E-state index contributed by atoms with van der Waals surface area (Å²) in [7, 11) is 0. The Balaban J connectivity index is 1.69. The maximum Gasteiger partial charge on any atom is 0.144 e. The van der Waals surface area contributed by atoms with Crippen LogP contribution in [0.2, 0.25) is 0 Å². The molecule has 2 heterocycles. The molecule has 21 heavy (non-hydrogen) atoms. The molecule has 2 N–H and O–H groups in total. The van der Waals surface area contributed by atoms with E-state index in [0.29, 0.717) is 12.6 Å². The van der Waals surface area contributed by atoms with E-state index in [1.165, 1.54) is 38.8 Å². The third-order valence-electron chi connectivity index (χ3n) is 4.75. The number of likely N-dealkylation sites (tertiary alicyclic amines) is 1. The summed E-state index contributed by atoms with van der Waals surface area (Å²) in [6, 6.07) is 6.82. The van der Waals surface area contributed by atoms with E-state index in [0.717, 1.165) is 30.2 Å². The first-order valence-corrected chi connectivity index (χ1v) is 8.30. The highest BCUT2D eigenvalue weighted by molar-refractivity contribution is 5.74. The number of hydrogen-bond donors (Lipinski definition) is 1. The second-order valence-corrected chi connectivity index (χ2v) is 6.11. The van der Waals surface area contributed by atoms with Gasteiger partial charge in [-0.1, -0.05) is 12.5 Å². The van der Waals surface area contributed by atoms with Crippen LogP contribution in [-0.4, -0.2) is 43.7 Å². The summed E-state index contributed by atoms with van der Waals surface area (Å²) < 4.78 is 5.62. The molecule has 0 aromatic heterocycles. The summed E-state index contributed by atoms with van der Waals surface area (Å²) in [6.45, 7) is 7.39. The Kier molecular flexibility index (Phi) is 4.54. The molecule has 0 saturated carbocycles. The summed E-state index contributed by atoms with van der Waals surface area (Å²) in [5.41, 5.74) is 8.22. The van der Waals surface area contributed by atoms with E-state index in [1.807, 2.05) is 19.1 Å². The van der Waals surface area contributed by atoms with Crippen molar-refractivity contribution in [1.29, 1.82) is 0 Å². The summed E-state index contributed by atoms with van der Waals surface area (Å²) in [4.78, 5) is 5.10. The van der Waals surface area contributed by atoms with E-state index in [4.69, 9.17) is 10.5 Å². The molecule has 2 saturated heterocycles. The Bertz CT molecular complexity index is 471. The number of nitrogens with two attached hydrogens (primary N) is 1. The lowest BCUT2D eigenvalue weighted by atomic mass is 10.1. The van der Waals surface area contributed by atoms with E-state index in [-0.39, 0.29) is 0 Å². The van der Waals surface area contributed by atoms with Crippen LogP contribution < -0.4 is 15.4 Å². The van der Waals surface area contributed by atoms with E-state index in [1.54, 1.807) is 0 Å². The monoisotopic (exact) mass is 289 g/mol. The minimum absolute atomic E-state index is 0.657. The average Bonchev–Trinajstić information content (AvgIpc) is 3.00. The number of anilines is 2. The van der Waals surface area contributed by atoms with Crippen molar-refractivity contribution < 1.29 is 4.74 Å². The van der Waals surface area contributed by atoms with Crippen molar-refractivity contribution in [3.05, 3.63) is 18.2 Å². The van der Waals surface area contributed by atoms with Crippen LogP contribution in [0.5, 0.6) is 5.75 Å². The third kappa shape index (κ3) is 3.10. The Labute approximate surface area is 127 Å². The molecular formula is C17H27N3O.